The van der Waals surface area contributed by atoms with Crippen LogP contribution in [-0.4, -0.2) is 10.9 Å². The number of amides is 1. The summed E-state index contributed by atoms with van der Waals surface area (Å²) in [5.41, 5.74) is 2.03. The fraction of sp³-hybridized carbons (Fsp3) is 0. The van der Waals surface area contributed by atoms with E-state index in [0.29, 0.717) is 10.6 Å². The van der Waals surface area contributed by atoms with Crippen molar-refractivity contribution in [2.45, 2.75) is 0 Å². The average molecular weight is 333 g/mol. The summed E-state index contributed by atoms with van der Waals surface area (Å²) in [5, 5.41) is 6.45. The van der Waals surface area contributed by atoms with E-state index >= 15 is 0 Å². The molecule has 0 aliphatic rings. The summed E-state index contributed by atoms with van der Waals surface area (Å²) >= 11 is 6.11. The van der Waals surface area contributed by atoms with Crippen LogP contribution in [0.5, 0.6) is 0 Å². The van der Waals surface area contributed by atoms with Crippen molar-refractivity contribution in [3.63, 3.8) is 0 Å². The van der Waals surface area contributed by atoms with Gasteiger partial charge in [-0.05, 0) is 23.6 Å². The molecule has 1 aromatic heterocycles. The van der Waals surface area contributed by atoms with Crippen molar-refractivity contribution in [1.29, 1.82) is 0 Å². The van der Waals surface area contributed by atoms with Crippen molar-refractivity contribution in [2.75, 3.05) is 5.32 Å². The predicted molar refractivity (Wildman–Crippen MR) is 98.7 cm³/mol. The fourth-order valence-electron chi connectivity index (χ4n) is 2.83. The lowest BCUT2D eigenvalue weighted by Gasteiger charge is -2.10. The molecule has 1 heterocycles. The van der Waals surface area contributed by atoms with Crippen LogP contribution in [0.15, 0.2) is 72.9 Å². The minimum Gasteiger partial charge on any atom is -0.321 e. The van der Waals surface area contributed by atoms with E-state index in [-0.39, 0.29) is 5.91 Å². The molecule has 1 amide bonds. The minimum absolute atomic E-state index is 0.235. The highest BCUT2D eigenvalue weighted by Gasteiger charge is 2.12. The number of pyridine rings is 1. The molecule has 0 unspecified atom stereocenters. The zero-order valence-corrected chi connectivity index (χ0v) is 13.4. The highest BCUT2D eigenvalue weighted by Crippen LogP contribution is 2.29. The van der Waals surface area contributed by atoms with Crippen molar-refractivity contribution < 1.29 is 4.79 Å². The fourth-order valence-corrected chi connectivity index (χ4v) is 3.05. The molecule has 1 N–H and O–H groups in total. The summed E-state index contributed by atoms with van der Waals surface area (Å²) in [4.78, 5) is 17.0. The van der Waals surface area contributed by atoms with E-state index in [2.05, 4.69) is 10.3 Å². The molecule has 0 aliphatic carbocycles. The van der Waals surface area contributed by atoms with Crippen molar-refractivity contribution >= 4 is 44.9 Å². The highest BCUT2D eigenvalue weighted by molar-refractivity contribution is 6.34. The maximum absolute atomic E-state index is 12.5. The molecule has 4 heteroatoms. The molecule has 0 saturated heterocycles. The van der Waals surface area contributed by atoms with E-state index in [1.165, 1.54) is 0 Å². The summed E-state index contributed by atoms with van der Waals surface area (Å²) in [7, 11) is 0. The Morgan fingerprint density at radius 3 is 2.54 bits per heavy atom. The van der Waals surface area contributed by atoms with Crippen LogP contribution in [0.2, 0.25) is 5.02 Å². The number of aromatic nitrogens is 1. The Hall–Kier alpha value is -2.91. The topological polar surface area (TPSA) is 42.0 Å². The van der Waals surface area contributed by atoms with Gasteiger partial charge < -0.3 is 5.32 Å². The summed E-state index contributed by atoms with van der Waals surface area (Å²) in [5.74, 6) is -0.235. The molecular formula is C20H13ClN2O. The zero-order valence-electron chi connectivity index (χ0n) is 12.7. The second-order valence-corrected chi connectivity index (χ2v) is 5.88. The molecule has 4 aromatic rings. The molecule has 24 heavy (non-hydrogen) atoms. The van der Waals surface area contributed by atoms with Crippen molar-refractivity contribution in [3.05, 3.63) is 83.5 Å². The molecule has 0 fully saturated rings. The molecule has 0 radical (unpaired) electrons. The maximum Gasteiger partial charge on any atom is 0.257 e. The van der Waals surface area contributed by atoms with Gasteiger partial charge in [0.15, 0.2) is 0 Å². The summed E-state index contributed by atoms with van der Waals surface area (Å²) in [6.45, 7) is 0. The number of nitrogens with one attached hydrogen (secondary N) is 1. The van der Waals surface area contributed by atoms with Gasteiger partial charge in [-0.25, -0.2) is 0 Å². The molecule has 0 aliphatic heterocycles. The van der Waals surface area contributed by atoms with Gasteiger partial charge in [0.05, 0.1) is 21.8 Å². The van der Waals surface area contributed by atoms with E-state index < -0.39 is 0 Å². The van der Waals surface area contributed by atoms with Crippen molar-refractivity contribution in [1.82, 2.24) is 4.98 Å². The number of hydrogen-bond acceptors (Lipinski definition) is 2. The largest absolute Gasteiger partial charge is 0.321 e. The molecule has 116 valence electrons. The SMILES string of the molecule is O=C(Nc1ccnc2c1ccc1ccccc12)c1ccccc1Cl. The first-order valence-corrected chi connectivity index (χ1v) is 7.94. The average Bonchev–Trinajstić information content (AvgIpc) is 2.62. The van der Waals surface area contributed by atoms with Gasteiger partial charge in [0.2, 0.25) is 0 Å². The molecule has 0 bridgehead atoms. The number of carbonyl (C=O) groups excluding carboxylic acids is 1. The quantitative estimate of drug-likeness (QED) is 0.506. The van der Waals surface area contributed by atoms with Crippen LogP contribution >= 0.6 is 11.6 Å². The molecule has 0 saturated carbocycles. The number of benzene rings is 3. The Balaban J connectivity index is 1.81. The van der Waals surface area contributed by atoms with Crippen molar-refractivity contribution in [3.8, 4) is 0 Å². The molecular weight excluding hydrogens is 320 g/mol. The van der Waals surface area contributed by atoms with Gasteiger partial charge in [-0.3, -0.25) is 9.78 Å². The van der Waals surface area contributed by atoms with Gasteiger partial charge in [-0.2, -0.15) is 0 Å². The lowest BCUT2D eigenvalue weighted by molar-refractivity contribution is 0.102. The predicted octanol–water partition coefficient (Wildman–Crippen LogP) is 5.29. The van der Waals surface area contributed by atoms with Crippen LogP contribution in [0.25, 0.3) is 21.7 Å². The Morgan fingerprint density at radius 1 is 0.875 bits per heavy atom. The normalized spacial score (nSPS) is 10.9. The maximum atomic E-state index is 12.5. The van der Waals surface area contributed by atoms with E-state index in [9.17, 15) is 4.79 Å². The summed E-state index contributed by atoms with van der Waals surface area (Å²) in [6, 6.07) is 20.9. The Kier molecular flexibility index (Phi) is 3.63. The van der Waals surface area contributed by atoms with Gasteiger partial charge in [-0.1, -0.05) is 60.1 Å². The Labute approximate surface area is 143 Å². The van der Waals surface area contributed by atoms with Gasteiger partial charge in [-0.15, -0.1) is 0 Å². The Bertz CT molecular complexity index is 1080. The monoisotopic (exact) mass is 332 g/mol. The number of rotatable bonds is 2. The van der Waals surface area contributed by atoms with Crippen molar-refractivity contribution in [2.24, 2.45) is 0 Å². The highest BCUT2D eigenvalue weighted by atomic mass is 35.5. The molecule has 0 spiro atoms. The van der Waals surface area contributed by atoms with Crippen LogP contribution in [0.3, 0.4) is 0 Å². The number of nitrogens with zero attached hydrogens (tertiary/aromatic N) is 1. The van der Waals surface area contributed by atoms with E-state index in [0.717, 1.165) is 27.4 Å². The van der Waals surface area contributed by atoms with Crippen LogP contribution in [-0.2, 0) is 0 Å². The third-order valence-electron chi connectivity index (χ3n) is 4.00. The first kappa shape index (κ1) is 14.7. The second-order valence-electron chi connectivity index (χ2n) is 5.48. The van der Waals surface area contributed by atoms with Gasteiger partial charge in [0, 0.05) is 17.0 Å². The number of anilines is 1. The van der Waals surface area contributed by atoms with Crippen LogP contribution in [0.4, 0.5) is 5.69 Å². The summed E-state index contributed by atoms with van der Waals surface area (Å²) in [6.07, 6.45) is 1.71. The minimum atomic E-state index is -0.235. The first-order valence-electron chi connectivity index (χ1n) is 7.56. The standard InChI is InChI=1S/C20H13ClN2O/c21-17-8-4-3-7-15(17)20(24)23-18-11-12-22-19-14-6-2-1-5-13(14)9-10-16(18)19/h1-12H,(H,22,23,24). The first-order chi connectivity index (χ1) is 11.7. The lowest BCUT2D eigenvalue weighted by atomic mass is 10.1. The van der Waals surface area contributed by atoms with Gasteiger partial charge in [0.25, 0.3) is 5.91 Å². The number of carbonyl (C=O) groups is 1. The number of halogens is 1. The van der Waals surface area contributed by atoms with Gasteiger partial charge in [0.1, 0.15) is 0 Å². The molecule has 0 atom stereocenters. The van der Waals surface area contributed by atoms with Gasteiger partial charge >= 0.3 is 0 Å². The van der Waals surface area contributed by atoms with E-state index in [1.54, 1.807) is 36.5 Å². The van der Waals surface area contributed by atoms with E-state index in [1.807, 2.05) is 36.4 Å². The van der Waals surface area contributed by atoms with Crippen LogP contribution in [0.1, 0.15) is 10.4 Å². The zero-order chi connectivity index (χ0) is 16.5. The third kappa shape index (κ3) is 2.49. The molecule has 3 nitrogen and oxygen atoms in total. The summed E-state index contributed by atoms with van der Waals surface area (Å²) < 4.78 is 0. The third-order valence-corrected chi connectivity index (χ3v) is 4.33. The number of hydrogen-bond donors (Lipinski definition) is 1. The lowest BCUT2D eigenvalue weighted by Crippen LogP contribution is -2.12. The van der Waals surface area contributed by atoms with Crippen LogP contribution < -0.4 is 5.32 Å². The Morgan fingerprint density at radius 2 is 1.67 bits per heavy atom. The number of fused-ring (bicyclic) bond motifs is 3. The smallest absolute Gasteiger partial charge is 0.257 e. The molecule has 4 rings (SSSR count). The second kappa shape index (κ2) is 5.95. The van der Waals surface area contributed by atoms with E-state index in [4.69, 9.17) is 11.6 Å². The molecule has 3 aromatic carbocycles. The van der Waals surface area contributed by atoms with Crippen LogP contribution in [0, 0.1) is 0 Å².